The molecule has 0 bridgehead atoms. The van der Waals surface area contributed by atoms with Gasteiger partial charge in [-0.15, -0.1) is 0 Å². The lowest BCUT2D eigenvalue weighted by Gasteiger charge is -2.22. The van der Waals surface area contributed by atoms with Gasteiger partial charge in [0.1, 0.15) is 19.0 Å². The standard InChI is InChI=1S/C25H22N2O5/c28-24-14-17(16-27(24)18-10-11-22-23(15-18)31-13-12-30-22)25(29)26-20-8-4-5-9-21(20)32-19-6-2-1-3-7-19/h1-11,15,17H,12-14,16H2,(H,26,29). The second kappa shape index (κ2) is 8.63. The number of fused-ring (bicyclic) bond motifs is 1. The maximum Gasteiger partial charge on any atom is 0.229 e. The molecule has 2 amide bonds. The van der Waals surface area contributed by atoms with E-state index < -0.39 is 5.92 Å². The largest absolute Gasteiger partial charge is 0.486 e. The molecule has 32 heavy (non-hydrogen) atoms. The number of carbonyl (C=O) groups excluding carboxylic acids is 2. The van der Waals surface area contributed by atoms with Gasteiger partial charge >= 0.3 is 0 Å². The van der Waals surface area contributed by atoms with E-state index in [4.69, 9.17) is 14.2 Å². The predicted molar refractivity (Wildman–Crippen MR) is 119 cm³/mol. The van der Waals surface area contributed by atoms with Crippen molar-refractivity contribution in [1.29, 1.82) is 0 Å². The number of para-hydroxylation sites is 3. The van der Waals surface area contributed by atoms with Crippen molar-refractivity contribution >= 4 is 23.2 Å². The summed E-state index contributed by atoms with van der Waals surface area (Å²) < 4.78 is 17.1. The molecule has 0 aromatic heterocycles. The predicted octanol–water partition coefficient (Wildman–Crippen LogP) is 4.24. The van der Waals surface area contributed by atoms with Gasteiger partial charge in [-0.1, -0.05) is 30.3 Å². The Morgan fingerprint density at radius 2 is 1.69 bits per heavy atom. The summed E-state index contributed by atoms with van der Waals surface area (Å²) in [6, 6.07) is 22.0. The van der Waals surface area contributed by atoms with E-state index in [2.05, 4.69) is 5.32 Å². The van der Waals surface area contributed by atoms with Crippen molar-refractivity contribution in [2.24, 2.45) is 5.92 Å². The Morgan fingerprint density at radius 1 is 0.938 bits per heavy atom. The minimum absolute atomic E-state index is 0.101. The molecule has 0 aliphatic carbocycles. The van der Waals surface area contributed by atoms with Gasteiger partial charge in [-0.05, 0) is 36.4 Å². The number of hydrogen-bond donors (Lipinski definition) is 1. The van der Waals surface area contributed by atoms with Crippen LogP contribution in [0.5, 0.6) is 23.0 Å². The topological polar surface area (TPSA) is 77.1 Å². The van der Waals surface area contributed by atoms with Gasteiger partial charge in [0.05, 0.1) is 11.6 Å². The summed E-state index contributed by atoms with van der Waals surface area (Å²) in [7, 11) is 0. The lowest BCUT2D eigenvalue weighted by molar-refractivity contribution is -0.122. The second-order valence-electron chi connectivity index (χ2n) is 7.63. The molecular formula is C25H22N2O5. The first-order valence-corrected chi connectivity index (χ1v) is 10.5. The molecule has 0 radical (unpaired) electrons. The third-order valence-corrected chi connectivity index (χ3v) is 5.45. The molecule has 1 atom stereocenters. The molecule has 7 nitrogen and oxygen atoms in total. The first kappa shape index (κ1) is 19.9. The van der Waals surface area contributed by atoms with E-state index in [1.807, 2.05) is 48.5 Å². The zero-order valence-electron chi connectivity index (χ0n) is 17.3. The van der Waals surface area contributed by atoms with Gasteiger partial charge in [0.15, 0.2) is 17.2 Å². The molecule has 1 saturated heterocycles. The molecule has 3 aromatic carbocycles. The highest BCUT2D eigenvalue weighted by atomic mass is 16.6. The van der Waals surface area contributed by atoms with Crippen LogP contribution in [0.2, 0.25) is 0 Å². The van der Waals surface area contributed by atoms with Crippen molar-refractivity contribution in [1.82, 2.24) is 0 Å². The van der Waals surface area contributed by atoms with Crippen LogP contribution in [-0.4, -0.2) is 31.6 Å². The summed E-state index contributed by atoms with van der Waals surface area (Å²) in [6.07, 6.45) is 0.141. The molecule has 1 N–H and O–H groups in total. The maximum atomic E-state index is 13.0. The summed E-state index contributed by atoms with van der Waals surface area (Å²) >= 11 is 0. The van der Waals surface area contributed by atoms with E-state index in [-0.39, 0.29) is 18.2 Å². The van der Waals surface area contributed by atoms with E-state index in [9.17, 15) is 9.59 Å². The van der Waals surface area contributed by atoms with Gasteiger partial charge in [-0.2, -0.15) is 0 Å². The second-order valence-corrected chi connectivity index (χ2v) is 7.63. The van der Waals surface area contributed by atoms with Gasteiger partial charge in [-0.25, -0.2) is 0 Å². The normalized spacial score (nSPS) is 17.2. The average Bonchev–Trinajstić information content (AvgIpc) is 3.22. The zero-order chi connectivity index (χ0) is 21.9. The van der Waals surface area contributed by atoms with Crippen molar-refractivity contribution in [3.8, 4) is 23.0 Å². The number of ether oxygens (including phenoxy) is 3. The SMILES string of the molecule is O=C(Nc1ccccc1Oc1ccccc1)C1CC(=O)N(c2ccc3c(c2)OCCO3)C1. The third kappa shape index (κ3) is 4.09. The molecule has 1 fully saturated rings. The number of carbonyl (C=O) groups is 2. The van der Waals surface area contributed by atoms with Crippen LogP contribution in [0.15, 0.2) is 72.8 Å². The van der Waals surface area contributed by atoms with E-state index in [1.54, 1.807) is 29.2 Å². The lowest BCUT2D eigenvalue weighted by Crippen LogP contribution is -2.28. The van der Waals surface area contributed by atoms with Crippen molar-refractivity contribution in [3.05, 3.63) is 72.8 Å². The van der Waals surface area contributed by atoms with Crippen LogP contribution in [0, 0.1) is 5.92 Å². The molecular weight excluding hydrogens is 408 g/mol. The third-order valence-electron chi connectivity index (χ3n) is 5.45. The van der Waals surface area contributed by atoms with E-state index in [1.165, 1.54) is 0 Å². The van der Waals surface area contributed by atoms with Gasteiger partial charge < -0.3 is 24.4 Å². The van der Waals surface area contributed by atoms with Crippen molar-refractivity contribution in [2.45, 2.75) is 6.42 Å². The van der Waals surface area contributed by atoms with Gasteiger partial charge in [0.25, 0.3) is 0 Å². The van der Waals surface area contributed by atoms with Gasteiger partial charge in [-0.3, -0.25) is 9.59 Å². The number of nitrogens with zero attached hydrogens (tertiary/aromatic N) is 1. The Hall–Kier alpha value is -4.00. The number of rotatable bonds is 5. The highest BCUT2D eigenvalue weighted by molar-refractivity contribution is 6.04. The summed E-state index contributed by atoms with van der Waals surface area (Å²) in [5, 5.41) is 2.93. The van der Waals surface area contributed by atoms with Crippen LogP contribution in [0.1, 0.15) is 6.42 Å². The smallest absolute Gasteiger partial charge is 0.229 e. The minimum Gasteiger partial charge on any atom is -0.486 e. The van der Waals surface area contributed by atoms with Crippen LogP contribution in [0.3, 0.4) is 0 Å². The van der Waals surface area contributed by atoms with Crippen LogP contribution in [-0.2, 0) is 9.59 Å². The lowest BCUT2D eigenvalue weighted by atomic mass is 10.1. The number of hydrogen-bond acceptors (Lipinski definition) is 5. The van der Waals surface area contributed by atoms with E-state index in [0.29, 0.717) is 54.1 Å². The molecule has 7 heteroatoms. The summed E-state index contributed by atoms with van der Waals surface area (Å²) in [5.74, 6) is 1.70. The van der Waals surface area contributed by atoms with Crippen LogP contribution in [0.25, 0.3) is 0 Å². The highest BCUT2D eigenvalue weighted by Gasteiger charge is 2.36. The van der Waals surface area contributed by atoms with Crippen LogP contribution in [0.4, 0.5) is 11.4 Å². The number of anilines is 2. The Labute approximate surface area is 185 Å². The minimum atomic E-state index is -0.472. The maximum absolute atomic E-state index is 13.0. The van der Waals surface area contributed by atoms with Crippen molar-refractivity contribution in [2.75, 3.05) is 30.0 Å². The first-order valence-electron chi connectivity index (χ1n) is 10.5. The summed E-state index contributed by atoms with van der Waals surface area (Å²) in [4.78, 5) is 27.3. The Kier molecular flexibility index (Phi) is 5.37. The zero-order valence-corrected chi connectivity index (χ0v) is 17.3. The number of benzene rings is 3. The molecule has 2 aliphatic heterocycles. The molecule has 162 valence electrons. The first-order chi connectivity index (χ1) is 15.7. The summed E-state index contributed by atoms with van der Waals surface area (Å²) in [5.41, 5.74) is 1.26. The molecule has 2 heterocycles. The highest BCUT2D eigenvalue weighted by Crippen LogP contribution is 2.36. The molecule has 1 unspecified atom stereocenters. The quantitative estimate of drug-likeness (QED) is 0.655. The molecule has 5 rings (SSSR count). The fraction of sp³-hybridized carbons (Fsp3) is 0.200. The number of amides is 2. The molecule has 2 aliphatic rings. The Balaban J connectivity index is 1.29. The summed E-state index contributed by atoms with van der Waals surface area (Å²) in [6.45, 7) is 1.28. The average molecular weight is 430 g/mol. The van der Waals surface area contributed by atoms with E-state index >= 15 is 0 Å². The van der Waals surface area contributed by atoms with Crippen LogP contribution >= 0.6 is 0 Å². The van der Waals surface area contributed by atoms with Crippen LogP contribution < -0.4 is 24.4 Å². The fourth-order valence-corrected chi connectivity index (χ4v) is 3.84. The van der Waals surface area contributed by atoms with Crippen molar-refractivity contribution < 1.29 is 23.8 Å². The van der Waals surface area contributed by atoms with E-state index in [0.717, 1.165) is 0 Å². The van der Waals surface area contributed by atoms with Gasteiger partial charge in [0, 0.05) is 24.7 Å². The van der Waals surface area contributed by atoms with Crippen molar-refractivity contribution in [3.63, 3.8) is 0 Å². The fourth-order valence-electron chi connectivity index (χ4n) is 3.84. The Morgan fingerprint density at radius 3 is 2.53 bits per heavy atom. The molecule has 3 aromatic rings. The van der Waals surface area contributed by atoms with Gasteiger partial charge in [0.2, 0.25) is 11.8 Å². The Bertz CT molecular complexity index is 1150. The number of nitrogens with one attached hydrogen (secondary N) is 1. The molecule has 0 saturated carbocycles. The molecule has 0 spiro atoms. The monoisotopic (exact) mass is 430 g/mol.